The lowest BCUT2D eigenvalue weighted by Crippen LogP contribution is -2.23. The molecule has 3 aromatic heterocycles. The SMILES string of the molecule is C=C(N=[N+]=[N-])Oc1cc2c(-c3ccnc(-n4nc(-c5cccnc5)c5ccccc5c4=O)c3)c(CO)c(CO)cc2cc1OCC. The first-order chi connectivity index (χ1) is 22.5. The van der Waals surface area contributed by atoms with E-state index in [-0.39, 0.29) is 29.6 Å². The lowest BCUT2D eigenvalue weighted by atomic mass is 9.90. The number of hydrogen-bond donors (Lipinski definition) is 2. The van der Waals surface area contributed by atoms with E-state index in [1.807, 2.05) is 25.1 Å². The molecule has 6 aromatic rings. The molecule has 0 saturated heterocycles. The molecule has 3 heterocycles. The standard InChI is InChI=1S/C34H27N7O5/c1-3-45-29-14-23-13-24(18-42)28(19-43)32(27(23)16-30(29)46-20(2)38-40-35)21-10-12-37-31(15-21)41-34(44)26-9-5-4-8-25(26)33(39-41)22-7-6-11-36-17-22/h4-17,42-43H,2-3,18-19H2,1H3. The summed E-state index contributed by atoms with van der Waals surface area (Å²) in [6.07, 6.45) is 4.89. The van der Waals surface area contributed by atoms with Crippen LogP contribution in [0.25, 0.3) is 60.2 Å². The summed E-state index contributed by atoms with van der Waals surface area (Å²) in [5.41, 5.74) is 11.9. The molecule has 6 rings (SSSR count). The van der Waals surface area contributed by atoms with Crippen LogP contribution < -0.4 is 15.0 Å². The molecule has 0 fully saturated rings. The zero-order valence-corrected chi connectivity index (χ0v) is 24.7. The molecule has 0 aliphatic carbocycles. The fourth-order valence-electron chi connectivity index (χ4n) is 5.46. The summed E-state index contributed by atoms with van der Waals surface area (Å²) in [6.45, 7) is 5.05. The molecule has 12 nitrogen and oxygen atoms in total. The Bertz CT molecular complexity index is 2230. The van der Waals surface area contributed by atoms with Gasteiger partial charge < -0.3 is 19.7 Å². The van der Waals surface area contributed by atoms with Crippen LogP contribution in [-0.2, 0) is 13.2 Å². The molecule has 0 atom stereocenters. The van der Waals surface area contributed by atoms with Gasteiger partial charge in [-0.3, -0.25) is 9.78 Å². The Labute approximate surface area is 262 Å². The number of benzene rings is 3. The van der Waals surface area contributed by atoms with Gasteiger partial charge in [0.05, 0.1) is 25.2 Å². The number of fused-ring (bicyclic) bond motifs is 2. The van der Waals surface area contributed by atoms with Gasteiger partial charge in [-0.2, -0.15) is 9.78 Å². The Kier molecular flexibility index (Phi) is 8.40. The van der Waals surface area contributed by atoms with Crippen molar-refractivity contribution in [2.75, 3.05) is 6.61 Å². The van der Waals surface area contributed by atoms with Gasteiger partial charge in [0.2, 0.25) is 0 Å². The second-order valence-electron chi connectivity index (χ2n) is 10.1. The van der Waals surface area contributed by atoms with E-state index >= 15 is 0 Å². The quantitative estimate of drug-likeness (QED) is 0.0796. The summed E-state index contributed by atoms with van der Waals surface area (Å²) in [7, 11) is 0. The van der Waals surface area contributed by atoms with Crippen molar-refractivity contribution in [3.8, 4) is 39.7 Å². The van der Waals surface area contributed by atoms with Gasteiger partial charge in [-0.25, -0.2) is 4.98 Å². The van der Waals surface area contributed by atoms with Crippen molar-refractivity contribution >= 4 is 21.5 Å². The number of ether oxygens (including phenoxy) is 2. The minimum Gasteiger partial charge on any atom is -0.490 e. The molecule has 0 bridgehead atoms. The monoisotopic (exact) mass is 613 g/mol. The van der Waals surface area contributed by atoms with Crippen LogP contribution in [-0.4, -0.2) is 36.6 Å². The molecule has 3 aromatic carbocycles. The van der Waals surface area contributed by atoms with Gasteiger partial charge >= 0.3 is 0 Å². The lowest BCUT2D eigenvalue weighted by molar-refractivity contribution is 0.260. The third-order valence-electron chi connectivity index (χ3n) is 7.41. The van der Waals surface area contributed by atoms with E-state index in [0.717, 1.165) is 5.56 Å². The van der Waals surface area contributed by atoms with Crippen LogP contribution in [0.2, 0.25) is 0 Å². The highest BCUT2D eigenvalue weighted by Crippen LogP contribution is 2.41. The number of aliphatic hydroxyl groups excluding tert-OH is 2. The van der Waals surface area contributed by atoms with E-state index < -0.39 is 6.61 Å². The van der Waals surface area contributed by atoms with Crippen molar-refractivity contribution in [2.24, 2.45) is 5.11 Å². The van der Waals surface area contributed by atoms with Gasteiger partial charge in [0.15, 0.2) is 23.2 Å². The Morgan fingerprint density at radius 1 is 0.978 bits per heavy atom. The first-order valence-electron chi connectivity index (χ1n) is 14.3. The Morgan fingerprint density at radius 2 is 1.80 bits per heavy atom. The number of azide groups is 1. The number of nitrogens with zero attached hydrogens (tertiary/aromatic N) is 7. The number of rotatable bonds is 10. The van der Waals surface area contributed by atoms with Crippen LogP contribution in [0.1, 0.15) is 18.1 Å². The first-order valence-corrected chi connectivity index (χ1v) is 14.3. The van der Waals surface area contributed by atoms with E-state index in [9.17, 15) is 15.0 Å². The van der Waals surface area contributed by atoms with Crippen LogP contribution in [0, 0.1) is 0 Å². The highest BCUT2D eigenvalue weighted by Gasteiger charge is 2.20. The molecular formula is C34H27N7O5. The summed E-state index contributed by atoms with van der Waals surface area (Å²) in [5.74, 6) is 0.651. The predicted molar refractivity (Wildman–Crippen MR) is 173 cm³/mol. The van der Waals surface area contributed by atoms with Gasteiger partial charge in [0.1, 0.15) is 5.69 Å². The highest BCUT2D eigenvalue weighted by atomic mass is 16.5. The first kappa shape index (κ1) is 30.0. The topological polar surface area (TPSA) is 168 Å². The molecule has 0 amide bonds. The minimum absolute atomic E-state index is 0.184. The van der Waals surface area contributed by atoms with Crippen LogP contribution >= 0.6 is 0 Å². The van der Waals surface area contributed by atoms with Crippen molar-refractivity contribution in [1.29, 1.82) is 0 Å². The fourth-order valence-corrected chi connectivity index (χ4v) is 5.46. The zero-order chi connectivity index (χ0) is 32.2. The van der Waals surface area contributed by atoms with Crippen molar-refractivity contribution in [3.63, 3.8) is 0 Å². The third-order valence-corrected chi connectivity index (χ3v) is 7.41. The summed E-state index contributed by atoms with van der Waals surface area (Å²) < 4.78 is 12.8. The molecule has 0 unspecified atom stereocenters. The molecule has 0 aliphatic heterocycles. The van der Waals surface area contributed by atoms with Crippen molar-refractivity contribution in [1.82, 2.24) is 19.7 Å². The second kappa shape index (κ2) is 12.9. The summed E-state index contributed by atoms with van der Waals surface area (Å²) in [6, 6.07) is 19.5. The van der Waals surface area contributed by atoms with Crippen LogP contribution in [0.3, 0.4) is 0 Å². The number of hydrogen-bond acceptors (Lipinski definition) is 9. The molecule has 228 valence electrons. The van der Waals surface area contributed by atoms with Gasteiger partial charge in [-0.1, -0.05) is 24.8 Å². The minimum atomic E-state index is -0.396. The Hall–Kier alpha value is -6.07. The summed E-state index contributed by atoms with van der Waals surface area (Å²) in [5, 5.41) is 31.5. The van der Waals surface area contributed by atoms with E-state index in [1.54, 1.807) is 67.1 Å². The fraction of sp³-hybridized carbons (Fsp3) is 0.118. The molecule has 0 spiro atoms. The molecule has 2 N–H and O–H groups in total. The van der Waals surface area contributed by atoms with Gasteiger partial charge in [-0.15, -0.1) is 0 Å². The average molecular weight is 614 g/mol. The maximum atomic E-state index is 13.8. The predicted octanol–water partition coefficient (Wildman–Crippen LogP) is 6.21. The van der Waals surface area contributed by atoms with E-state index in [0.29, 0.717) is 61.8 Å². The van der Waals surface area contributed by atoms with Crippen molar-refractivity contribution in [3.05, 3.63) is 130 Å². The molecule has 0 radical (unpaired) electrons. The number of pyridine rings is 2. The van der Waals surface area contributed by atoms with Crippen LogP contribution in [0.5, 0.6) is 11.5 Å². The summed E-state index contributed by atoms with van der Waals surface area (Å²) in [4.78, 5) is 25.3. The lowest BCUT2D eigenvalue weighted by Gasteiger charge is -2.19. The normalized spacial score (nSPS) is 10.9. The van der Waals surface area contributed by atoms with E-state index in [2.05, 4.69) is 26.6 Å². The number of aromatic nitrogens is 4. The maximum Gasteiger partial charge on any atom is 0.280 e. The smallest absolute Gasteiger partial charge is 0.280 e. The van der Waals surface area contributed by atoms with E-state index in [4.69, 9.17) is 20.1 Å². The maximum absolute atomic E-state index is 13.8. The van der Waals surface area contributed by atoms with Gasteiger partial charge in [0.25, 0.3) is 5.56 Å². The molecular weight excluding hydrogens is 586 g/mol. The van der Waals surface area contributed by atoms with Crippen molar-refractivity contribution < 1.29 is 19.7 Å². The summed E-state index contributed by atoms with van der Waals surface area (Å²) >= 11 is 0. The largest absolute Gasteiger partial charge is 0.490 e. The second-order valence-corrected chi connectivity index (χ2v) is 10.1. The zero-order valence-electron chi connectivity index (χ0n) is 24.7. The van der Waals surface area contributed by atoms with Crippen molar-refractivity contribution in [2.45, 2.75) is 20.1 Å². The van der Waals surface area contributed by atoms with Crippen LogP contribution in [0.15, 0.2) is 108 Å². The molecule has 46 heavy (non-hydrogen) atoms. The highest BCUT2D eigenvalue weighted by molar-refractivity contribution is 6.01. The third kappa shape index (κ3) is 5.51. The molecule has 0 aliphatic rings. The molecule has 0 saturated carbocycles. The Balaban J connectivity index is 1.61. The van der Waals surface area contributed by atoms with E-state index in [1.165, 1.54) is 4.68 Å². The number of aliphatic hydroxyl groups is 2. The van der Waals surface area contributed by atoms with Gasteiger partial charge in [-0.05, 0) is 99.1 Å². The molecule has 12 heteroatoms. The average Bonchev–Trinajstić information content (AvgIpc) is 3.08. The van der Waals surface area contributed by atoms with Gasteiger partial charge in [0, 0.05) is 34.5 Å². The van der Waals surface area contributed by atoms with Crippen LogP contribution in [0.4, 0.5) is 0 Å². The Morgan fingerprint density at radius 3 is 2.52 bits per heavy atom.